The molecule has 2 unspecified atom stereocenters. The predicted octanol–water partition coefficient (Wildman–Crippen LogP) is 0.711. The SMILES string of the molecule is O=P(O)(O)C(CO)OC[C@H]1O[C@@H](n2ncc3c(NC4CCc5ccccc54)nc(Cl)nc32)[C@H](O)[C@@H]1O. The molecule has 1 aliphatic carbocycles. The molecule has 0 radical (unpaired) electrons. The number of nitrogens with one attached hydrogen (secondary N) is 1. The van der Waals surface area contributed by atoms with Crippen LogP contribution in [-0.2, 0) is 20.5 Å². The Morgan fingerprint density at radius 1 is 1.25 bits per heavy atom. The average molecular weight is 542 g/mol. The number of anilines is 1. The molecule has 2 aromatic heterocycles. The van der Waals surface area contributed by atoms with Crippen LogP contribution in [0.4, 0.5) is 5.82 Å². The lowest BCUT2D eigenvalue weighted by atomic mass is 10.1. The second-order valence-corrected chi connectivity index (χ2v) is 10.8. The van der Waals surface area contributed by atoms with Crippen molar-refractivity contribution in [3.63, 3.8) is 0 Å². The minimum atomic E-state index is -4.74. The summed E-state index contributed by atoms with van der Waals surface area (Å²) in [7, 11) is -4.74. The van der Waals surface area contributed by atoms with E-state index in [1.54, 1.807) is 0 Å². The van der Waals surface area contributed by atoms with Crippen molar-refractivity contribution < 1.29 is 39.1 Å². The molecule has 36 heavy (non-hydrogen) atoms. The zero-order valence-corrected chi connectivity index (χ0v) is 20.4. The van der Waals surface area contributed by atoms with Crippen LogP contribution in [0.5, 0.6) is 0 Å². The molecule has 5 rings (SSSR count). The van der Waals surface area contributed by atoms with Crippen molar-refractivity contribution in [3.8, 4) is 0 Å². The fourth-order valence-corrected chi connectivity index (χ4v) is 5.26. The van der Waals surface area contributed by atoms with E-state index in [0.717, 1.165) is 12.8 Å². The van der Waals surface area contributed by atoms with Gasteiger partial charge in [0.25, 0.3) is 0 Å². The Balaban J connectivity index is 1.38. The van der Waals surface area contributed by atoms with Gasteiger partial charge in [-0.3, -0.25) is 4.57 Å². The van der Waals surface area contributed by atoms with Gasteiger partial charge < -0.3 is 39.9 Å². The van der Waals surface area contributed by atoms with Gasteiger partial charge >= 0.3 is 7.60 Å². The van der Waals surface area contributed by atoms with E-state index in [0.29, 0.717) is 11.2 Å². The van der Waals surface area contributed by atoms with Gasteiger partial charge in [-0.1, -0.05) is 24.3 Å². The van der Waals surface area contributed by atoms with Gasteiger partial charge in [0.05, 0.1) is 30.8 Å². The molecule has 0 spiro atoms. The van der Waals surface area contributed by atoms with E-state index in [-0.39, 0.29) is 17.0 Å². The van der Waals surface area contributed by atoms with Crippen LogP contribution in [0.15, 0.2) is 30.5 Å². The third kappa shape index (κ3) is 4.74. The molecule has 15 heteroatoms. The molecule has 6 N–H and O–H groups in total. The largest absolute Gasteiger partial charge is 0.393 e. The van der Waals surface area contributed by atoms with Gasteiger partial charge in [0.15, 0.2) is 17.7 Å². The summed E-state index contributed by atoms with van der Waals surface area (Å²) in [4.78, 5) is 27.0. The second-order valence-electron chi connectivity index (χ2n) is 8.71. The van der Waals surface area contributed by atoms with Crippen LogP contribution in [0.2, 0.25) is 5.28 Å². The molecule has 1 aliphatic heterocycles. The first-order valence-corrected chi connectivity index (χ1v) is 13.3. The second kappa shape index (κ2) is 9.93. The first kappa shape index (κ1) is 25.5. The number of ether oxygens (including phenoxy) is 2. The van der Waals surface area contributed by atoms with Gasteiger partial charge in [0.2, 0.25) is 5.28 Å². The molecule has 194 valence electrons. The summed E-state index contributed by atoms with van der Waals surface area (Å²) in [6, 6.07) is 8.14. The van der Waals surface area contributed by atoms with Gasteiger partial charge in [0.1, 0.15) is 24.1 Å². The van der Waals surface area contributed by atoms with Crippen molar-refractivity contribution in [1.29, 1.82) is 0 Å². The molecule has 0 bridgehead atoms. The first-order valence-electron chi connectivity index (χ1n) is 11.2. The monoisotopic (exact) mass is 541 g/mol. The molecule has 2 aliphatic rings. The summed E-state index contributed by atoms with van der Waals surface area (Å²) in [5.41, 5.74) is 2.68. The van der Waals surface area contributed by atoms with E-state index < -0.39 is 51.2 Å². The van der Waals surface area contributed by atoms with E-state index in [1.165, 1.54) is 22.0 Å². The molecule has 1 aromatic carbocycles. The summed E-state index contributed by atoms with van der Waals surface area (Å²) < 4.78 is 23.4. The van der Waals surface area contributed by atoms with Gasteiger partial charge in [-0.25, -0.2) is 4.68 Å². The summed E-state index contributed by atoms with van der Waals surface area (Å²) in [6.07, 6.45) is -1.98. The number of aromatic nitrogens is 4. The number of benzene rings is 1. The Labute approximate surface area is 209 Å². The molecular weight excluding hydrogens is 517 g/mol. The van der Waals surface area contributed by atoms with Gasteiger partial charge in [-0.15, -0.1) is 0 Å². The number of fused-ring (bicyclic) bond motifs is 2. The third-order valence-corrected chi connectivity index (χ3v) is 7.66. The fraction of sp³-hybridized carbons (Fsp3) is 0.476. The number of nitrogens with zero attached hydrogens (tertiary/aromatic N) is 4. The van der Waals surface area contributed by atoms with Crippen LogP contribution in [-0.4, -0.2) is 82.2 Å². The molecule has 3 aromatic rings. The van der Waals surface area contributed by atoms with Gasteiger partial charge in [0, 0.05) is 0 Å². The molecule has 13 nitrogen and oxygen atoms in total. The number of rotatable bonds is 8. The highest BCUT2D eigenvalue weighted by Crippen LogP contribution is 2.42. The Kier molecular flexibility index (Phi) is 7.03. The quantitative estimate of drug-likeness (QED) is 0.173. The zero-order chi connectivity index (χ0) is 25.6. The van der Waals surface area contributed by atoms with Crippen LogP contribution in [0.3, 0.4) is 0 Å². The Bertz CT molecular complexity index is 1300. The maximum Gasteiger partial charge on any atom is 0.356 e. The maximum atomic E-state index is 11.4. The van der Waals surface area contributed by atoms with Crippen molar-refractivity contribution >= 4 is 36.0 Å². The smallest absolute Gasteiger partial charge is 0.356 e. The minimum absolute atomic E-state index is 0.0175. The lowest BCUT2D eigenvalue weighted by Crippen LogP contribution is -2.35. The normalized spacial score (nSPS) is 26.9. The van der Waals surface area contributed by atoms with Crippen molar-refractivity contribution in [2.24, 2.45) is 0 Å². The standard InChI is InChI=1S/C21H25ClN5O8P/c22-21-25-18(24-13-6-5-10-3-1-2-4-11(10)13)12-7-23-27(19(12)26-21)20-17(30)16(29)14(35-20)9-34-15(8-28)36(31,32)33/h1-4,7,13-17,20,28-30H,5-6,8-9H2,(H,24,25,26)(H2,31,32,33)/t13?,14-,15?,16-,17-,20-/m1/s1. The number of aliphatic hydroxyl groups is 3. The van der Waals surface area contributed by atoms with Gasteiger partial charge in [-0.2, -0.15) is 15.1 Å². The molecule has 3 heterocycles. The Hall–Kier alpha value is -2.19. The van der Waals surface area contributed by atoms with Crippen LogP contribution < -0.4 is 5.32 Å². The molecule has 6 atom stereocenters. The fourth-order valence-electron chi connectivity index (χ4n) is 4.60. The number of aryl methyl sites for hydroxylation is 1. The first-order chi connectivity index (χ1) is 17.2. The molecule has 1 fully saturated rings. The Morgan fingerprint density at radius 2 is 2.03 bits per heavy atom. The highest BCUT2D eigenvalue weighted by molar-refractivity contribution is 7.52. The number of hydrogen-bond acceptors (Lipinski definition) is 10. The van der Waals surface area contributed by atoms with Crippen LogP contribution in [0, 0.1) is 0 Å². The van der Waals surface area contributed by atoms with E-state index in [9.17, 15) is 24.6 Å². The summed E-state index contributed by atoms with van der Waals surface area (Å²) >= 11 is 6.21. The summed E-state index contributed by atoms with van der Waals surface area (Å²) in [5.74, 6) is -1.32. The highest BCUT2D eigenvalue weighted by Gasteiger charge is 2.46. The zero-order valence-electron chi connectivity index (χ0n) is 18.8. The van der Waals surface area contributed by atoms with E-state index in [2.05, 4.69) is 32.5 Å². The number of hydrogen-bond donors (Lipinski definition) is 6. The highest BCUT2D eigenvalue weighted by atomic mass is 35.5. The molecule has 0 amide bonds. The van der Waals surface area contributed by atoms with E-state index >= 15 is 0 Å². The van der Waals surface area contributed by atoms with Crippen molar-refractivity contribution in [1.82, 2.24) is 19.7 Å². The van der Waals surface area contributed by atoms with Crippen molar-refractivity contribution in [3.05, 3.63) is 46.9 Å². The minimum Gasteiger partial charge on any atom is -0.393 e. The van der Waals surface area contributed by atoms with Crippen LogP contribution in [0.25, 0.3) is 11.0 Å². The molecule has 1 saturated heterocycles. The number of halogens is 1. The van der Waals surface area contributed by atoms with Crippen LogP contribution >= 0.6 is 19.2 Å². The average Bonchev–Trinajstić information content (AvgIpc) is 3.51. The van der Waals surface area contributed by atoms with Crippen LogP contribution in [0.1, 0.15) is 29.8 Å². The van der Waals surface area contributed by atoms with Crippen molar-refractivity contribution in [2.75, 3.05) is 18.5 Å². The van der Waals surface area contributed by atoms with E-state index in [1.807, 2.05) is 12.1 Å². The third-order valence-electron chi connectivity index (χ3n) is 6.43. The van der Waals surface area contributed by atoms with Gasteiger partial charge in [-0.05, 0) is 35.6 Å². The summed E-state index contributed by atoms with van der Waals surface area (Å²) in [5, 5.41) is 38.4. The lowest BCUT2D eigenvalue weighted by Gasteiger charge is -2.20. The topological polar surface area (TPSA) is 192 Å². The lowest BCUT2D eigenvalue weighted by molar-refractivity contribution is -0.0807. The molecular formula is C21H25ClN5O8P. The predicted molar refractivity (Wildman–Crippen MR) is 126 cm³/mol. The maximum absolute atomic E-state index is 11.4. The number of aliphatic hydroxyl groups excluding tert-OH is 3. The summed E-state index contributed by atoms with van der Waals surface area (Å²) in [6.45, 7) is -1.42. The Morgan fingerprint density at radius 3 is 2.78 bits per heavy atom. The van der Waals surface area contributed by atoms with Crippen molar-refractivity contribution in [2.45, 2.75) is 49.3 Å². The van der Waals surface area contributed by atoms with E-state index in [4.69, 9.17) is 26.2 Å². The molecule has 0 saturated carbocycles.